The maximum atomic E-state index is 12.4. The van der Waals surface area contributed by atoms with Crippen LogP contribution in [0.15, 0.2) is 53.1 Å². The number of pyridine rings is 1. The predicted octanol–water partition coefficient (Wildman–Crippen LogP) is 4.45. The van der Waals surface area contributed by atoms with Crippen LogP contribution in [0.25, 0.3) is 11.0 Å². The van der Waals surface area contributed by atoms with Crippen molar-refractivity contribution in [3.8, 4) is 17.2 Å². The summed E-state index contributed by atoms with van der Waals surface area (Å²) in [7, 11) is 3.48. The number of ether oxygens (including phenoxy) is 2. The number of aryl methyl sites for hydroxylation is 2. The standard InChI is InChI=1S/C26H27BrN6O4/c1-15-11-17(5-6-19(15)27)31-26-32-20-13-24(23(36-4)14-22(20)33(26)3)37-18-7-8-29-21(12-18)25(35)30-10-9-28-16(2)34/h5-8,11-14H,9-10H2,1-4H3,(H,28,34)(H,30,35)(H,31,32). The van der Waals surface area contributed by atoms with Crippen LogP contribution in [0.3, 0.4) is 0 Å². The Morgan fingerprint density at radius 2 is 1.84 bits per heavy atom. The first-order chi connectivity index (χ1) is 17.7. The van der Waals surface area contributed by atoms with Crippen molar-refractivity contribution < 1.29 is 19.1 Å². The molecule has 0 aliphatic carbocycles. The van der Waals surface area contributed by atoms with Gasteiger partial charge < -0.3 is 30.0 Å². The summed E-state index contributed by atoms with van der Waals surface area (Å²) >= 11 is 3.52. The number of carbonyl (C=O) groups is 2. The molecule has 2 heterocycles. The Kier molecular flexibility index (Phi) is 7.92. The van der Waals surface area contributed by atoms with Crippen LogP contribution in [0, 0.1) is 6.92 Å². The Bertz CT molecular complexity index is 1470. The lowest BCUT2D eigenvalue weighted by molar-refractivity contribution is -0.118. The van der Waals surface area contributed by atoms with Crippen molar-refractivity contribution in [2.24, 2.45) is 7.05 Å². The van der Waals surface area contributed by atoms with Gasteiger partial charge in [0.15, 0.2) is 11.5 Å². The third kappa shape index (κ3) is 6.18. The van der Waals surface area contributed by atoms with E-state index in [0.717, 1.165) is 21.2 Å². The second-order valence-electron chi connectivity index (χ2n) is 8.29. The van der Waals surface area contributed by atoms with Crippen LogP contribution in [-0.4, -0.2) is 46.5 Å². The van der Waals surface area contributed by atoms with Crippen LogP contribution >= 0.6 is 15.9 Å². The third-order valence-electron chi connectivity index (χ3n) is 5.56. The normalized spacial score (nSPS) is 10.7. The number of fused-ring (bicyclic) bond motifs is 1. The Labute approximate surface area is 222 Å². The molecule has 2 aromatic carbocycles. The van der Waals surface area contributed by atoms with Gasteiger partial charge in [0.1, 0.15) is 11.4 Å². The fourth-order valence-corrected chi connectivity index (χ4v) is 3.88. The summed E-state index contributed by atoms with van der Waals surface area (Å²) in [5.74, 6) is 1.51. The minimum Gasteiger partial charge on any atom is -0.493 e. The molecule has 10 nitrogen and oxygen atoms in total. The summed E-state index contributed by atoms with van der Waals surface area (Å²) in [5, 5.41) is 8.69. The van der Waals surface area contributed by atoms with E-state index >= 15 is 0 Å². The average molecular weight is 567 g/mol. The second kappa shape index (κ2) is 11.3. The van der Waals surface area contributed by atoms with Gasteiger partial charge in [0.25, 0.3) is 5.91 Å². The molecule has 0 spiro atoms. The van der Waals surface area contributed by atoms with E-state index in [4.69, 9.17) is 14.5 Å². The van der Waals surface area contributed by atoms with E-state index in [1.54, 1.807) is 25.3 Å². The number of carbonyl (C=O) groups excluding carboxylic acids is 2. The molecule has 3 N–H and O–H groups in total. The molecule has 0 atom stereocenters. The maximum Gasteiger partial charge on any atom is 0.270 e. The summed E-state index contributed by atoms with van der Waals surface area (Å²) in [6.45, 7) is 4.06. The minimum atomic E-state index is -0.373. The highest BCUT2D eigenvalue weighted by molar-refractivity contribution is 9.10. The van der Waals surface area contributed by atoms with E-state index in [0.29, 0.717) is 35.3 Å². The van der Waals surface area contributed by atoms with Crippen molar-refractivity contribution in [3.05, 3.63) is 64.4 Å². The zero-order valence-corrected chi connectivity index (χ0v) is 22.5. The molecule has 2 amide bonds. The number of methoxy groups -OCH3 is 1. The van der Waals surface area contributed by atoms with Crippen molar-refractivity contribution in [2.75, 3.05) is 25.5 Å². The number of rotatable bonds is 9. The molecular formula is C26H27BrN6O4. The number of amides is 2. The summed E-state index contributed by atoms with van der Waals surface area (Å²) in [4.78, 5) is 32.2. The van der Waals surface area contributed by atoms with Gasteiger partial charge >= 0.3 is 0 Å². The van der Waals surface area contributed by atoms with E-state index in [1.807, 2.05) is 42.8 Å². The van der Waals surface area contributed by atoms with Gasteiger partial charge in [-0.2, -0.15) is 0 Å². The van der Waals surface area contributed by atoms with E-state index in [9.17, 15) is 9.59 Å². The second-order valence-corrected chi connectivity index (χ2v) is 9.15. The van der Waals surface area contributed by atoms with Crippen molar-refractivity contribution in [3.63, 3.8) is 0 Å². The lowest BCUT2D eigenvalue weighted by Crippen LogP contribution is -2.33. The van der Waals surface area contributed by atoms with Crippen molar-refractivity contribution in [1.82, 2.24) is 25.2 Å². The van der Waals surface area contributed by atoms with Crippen LogP contribution in [0.4, 0.5) is 11.6 Å². The molecule has 4 aromatic rings. The number of benzene rings is 2. The number of halogens is 1. The molecule has 4 rings (SSSR count). The zero-order chi connectivity index (χ0) is 26.5. The Morgan fingerprint density at radius 3 is 2.57 bits per heavy atom. The van der Waals surface area contributed by atoms with Crippen LogP contribution in [0.1, 0.15) is 23.0 Å². The summed E-state index contributed by atoms with van der Waals surface area (Å²) in [5.41, 5.74) is 3.78. The molecule has 0 fully saturated rings. The van der Waals surface area contributed by atoms with Crippen LogP contribution < -0.4 is 25.4 Å². The third-order valence-corrected chi connectivity index (χ3v) is 6.45. The van der Waals surface area contributed by atoms with Crippen molar-refractivity contribution in [1.29, 1.82) is 0 Å². The zero-order valence-electron chi connectivity index (χ0n) is 20.9. The predicted molar refractivity (Wildman–Crippen MR) is 145 cm³/mol. The van der Waals surface area contributed by atoms with Gasteiger partial charge in [-0.15, -0.1) is 0 Å². The molecule has 0 unspecified atom stereocenters. The SMILES string of the molecule is COc1cc2c(cc1Oc1ccnc(C(=O)NCCNC(C)=O)c1)nc(Nc1ccc(Br)c(C)c1)n2C. The topological polar surface area (TPSA) is 119 Å². The molecule has 37 heavy (non-hydrogen) atoms. The molecule has 0 saturated carbocycles. The van der Waals surface area contributed by atoms with Gasteiger partial charge in [0, 0.05) is 61.6 Å². The number of hydrogen-bond donors (Lipinski definition) is 3. The fourth-order valence-electron chi connectivity index (χ4n) is 3.63. The molecule has 0 saturated heterocycles. The highest BCUT2D eigenvalue weighted by Gasteiger charge is 2.16. The highest BCUT2D eigenvalue weighted by Crippen LogP contribution is 2.36. The molecule has 0 bridgehead atoms. The van der Waals surface area contributed by atoms with Crippen LogP contribution in [0.2, 0.25) is 0 Å². The maximum absolute atomic E-state index is 12.4. The van der Waals surface area contributed by atoms with Gasteiger partial charge in [-0.3, -0.25) is 14.6 Å². The lowest BCUT2D eigenvalue weighted by Gasteiger charge is -2.12. The number of aromatic nitrogens is 3. The number of hydrogen-bond acceptors (Lipinski definition) is 7. The van der Waals surface area contributed by atoms with Crippen molar-refractivity contribution in [2.45, 2.75) is 13.8 Å². The first-order valence-electron chi connectivity index (χ1n) is 11.5. The van der Waals surface area contributed by atoms with Gasteiger partial charge in [-0.05, 0) is 36.8 Å². The molecule has 11 heteroatoms. The van der Waals surface area contributed by atoms with Gasteiger partial charge in [-0.1, -0.05) is 15.9 Å². The number of nitrogens with one attached hydrogen (secondary N) is 3. The monoisotopic (exact) mass is 566 g/mol. The number of imidazole rings is 1. The molecule has 0 aliphatic heterocycles. The Hall–Kier alpha value is -4.12. The quantitative estimate of drug-likeness (QED) is 0.256. The first-order valence-corrected chi connectivity index (χ1v) is 12.3. The van der Waals surface area contributed by atoms with E-state index < -0.39 is 0 Å². The molecule has 0 radical (unpaired) electrons. The van der Waals surface area contributed by atoms with Crippen LogP contribution in [0.5, 0.6) is 17.2 Å². The smallest absolute Gasteiger partial charge is 0.270 e. The van der Waals surface area contributed by atoms with E-state index in [1.165, 1.54) is 13.1 Å². The lowest BCUT2D eigenvalue weighted by atomic mass is 10.2. The molecule has 0 aliphatic rings. The first kappa shape index (κ1) is 26.0. The van der Waals surface area contributed by atoms with Gasteiger partial charge in [0.05, 0.1) is 18.1 Å². The molecule has 192 valence electrons. The largest absolute Gasteiger partial charge is 0.493 e. The molecular weight excluding hydrogens is 540 g/mol. The van der Waals surface area contributed by atoms with Crippen molar-refractivity contribution >= 4 is 50.4 Å². The average Bonchev–Trinajstić information content (AvgIpc) is 3.17. The van der Waals surface area contributed by atoms with E-state index in [2.05, 4.69) is 36.9 Å². The highest BCUT2D eigenvalue weighted by atomic mass is 79.9. The number of nitrogens with zero attached hydrogens (tertiary/aromatic N) is 3. The summed E-state index contributed by atoms with van der Waals surface area (Å²) < 4.78 is 14.6. The Balaban J connectivity index is 1.55. The van der Waals surface area contributed by atoms with Gasteiger partial charge in [-0.25, -0.2) is 4.98 Å². The molecule has 2 aromatic heterocycles. The minimum absolute atomic E-state index is 0.159. The van der Waals surface area contributed by atoms with Crippen LogP contribution in [-0.2, 0) is 11.8 Å². The van der Waals surface area contributed by atoms with E-state index in [-0.39, 0.29) is 24.1 Å². The number of anilines is 2. The van der Waals surface area contributed by atoms with Gasteiger partial charge in [0.2, 0.25) is 11.9 Å². The fraction of sp³-hybridized carbons (Fsp3) is 0.231. The summed E-state index contributed by atoms with van der Waals surface area (Å²) in [6.07, 6.45) is 1.49. The summed E-state index contributed by atoms with van der Waals surface area (Å²) in [6, 6.07) is 12.8. The Morgan fingerprint density at radius 1 is 1.05 bits per heavy atom.